The monoisotopic (exact) mass is 242 g/mol. The molecule has 1 atom stereocenters. The summed E-state index contributed by atoms with van der Waals surface area (Å²) < 4.78 is 5.17. The Balaban J connectivity index is 3.64. The molecule has 1 unspecified atom stereocenters. The Morgan fingerprint density at radius 2 is 2.24 bits per heavy atom. The van der Waals surface area contributed by atoms with Crippen molar-refractivity contribution in [2.75, 3.05) is 26.3 Å². The van der Waals surface area contributed by atoms with Gasteiger partial charge in [0.25, 0.3) is 0 Å². The molecule has 3 N–H and O–H groups in total. The summed E-state index contributed by atoms with van der Waals surface area (Å²) in [6, 6.07) is 0. The number of ether oxygens (including phenoxy) is 1. The first-order valence-corrected chi connectivity index (χ1v) is 6.25. The van der Waals surface area contributed by atoms with Gasteiger partial charge in [0.05, 0.1) is 13.2 Å². The summed E-state index contributed by atoms with van der Waals surface area (Å²) in [6.45, 7) is 9.99. The third kappa shape index (κ3) is 10.0. The van der Waals surface area contributed by atoms with Gasteiger partial charge in [0, 0.05) is 13.0 Å². The quantitative estimate of drug-likeness (QED) is 0.448. The maximum Gasteiger partial charge on any atom is 0.220 e. The first kappa shape index (κ1) is 16.1. The first-order valence-electron chi connectivity index (χ1n) is 6.25. The number of carbonyl (C=O) groups excluding carboxylic acids is 1. The van der Waals surface area contributed by atoms with Crippen LogP contribution in [0, 0.1) is 11.8 Å². The van der Waals surface area contributed by atoms with Crippen LogP contribution in [0.25, 0.3) is 0 Å². The summed E-state index contributed by atoms with van der Waals surface area (Å²) in [5, 5.41) is 2.83. The summed E-state index contributed by atoms with van der Waals surface area (Å²) in [7, 11) is 0. The number of rotatable bonds is 10. The van der Waals surface area contributed by atoms with Crippen molar-refractivity contribution in [3.8, 4) is 0 Å². The van der Waals surface area contributed by atoms with Crippen LogP contribution in [0.1, 0.15) is 26.7 Å². The Bertz CT molecular complexity index is 217. The van der Waals surface area contributed by atoms with Crippen LogP contribution in [0.15, 0.2) is 12.7 Å². The van der Waals surface area contributed by atoms with Crippen molar-refractivity contribution in [3.63, 3.8) is 0 Å². The highest BCUT2D eigenvalue weighted by Gasteiger charge is 2.13. The highest BCUT2D eigenvalue weighted by molar-refractivity contribution is 5.76. The molecule has 4 nitrogen and oxygen atoms in total. The number of carbonyl (C=O) groups is 1. The van der Waals surface area contributed by atoms with Crippen molar-refractivity contribution in [1.82, 2.24) is 5.32 Å². The van der Waals surface area contributed by atoms with Crippen LogP contribution in [0.3, 0.4) is 0 Å². The maximum atomic E-state index is 11.6. The van der Waals surface area contributed by atoms with Crippen molar-refractivity contribution < 1.29 is 9.53 Å². The van der Waals surface area contributed by atoms with Crippen LogP contribution in [-0.4, -0.2) is 32.2 Å². The first-order chi connectivity index (χ1) is 8.10. The molecule has 0 aliphatic rings. The molecule has 0 aromatic heterocycles. The van der Waals surface area contributed by atoms with Gasteiger partial charge in [-0.1, -0.05) is 19.9 Å². The molecule has 0 fully saturated rings. The Hall–Kier alpha value is -0.870. The van der Waals surface area contributed by atoms with Crippen LogP contribution < -0.4 is 11.1 Å². The maximum absolute atomic E-state index is 11.6. The Morgan fingerprint density at radius 3 is 2.76 bits per heavy atom. The van der Waals surface area contributed by atoms with Crippen LogP contribution >= 0.6 is 0 Å². The molecule has 0 heterocycles. The van der Waals surface area contributed by atoms with Crippen LogP contribution in [-0.2, 0) is 9.53 Å². The minimum atomic E-state index is 0.0586. The van der Waals surface area contributed by atoms with E-state index >= 15 is 0 Å². The summed E-state index contributed by atoms with van der Waals surface area (Å²) in [6.07, 6.45) is 3.20. The minimum Gasteiger partial charge on any atom is -0.376 e. The van der Waals surface area contributed by atoms with Gasteiger partial charge in [-0.05, 0) is 24.8 Å². The lowest BCUT2D eigenvalue weighted by Gasteiger charge is -2.16. The molecule has 0 spiro atoms. The predicted octanol–water partition coefficient (Wildman–Crippen LogP) is 1.32. The van der Waals surface area contributed by atoms with Crippen molar-refractivity contribution in [2.24, 2.45) is 17.6 Å². The number of hydrogen-bond acceptors (Lipinski definition) is 3. The van der Waals surface area contributed by atoms with Crippen molar-refractivity contribution >= 4 is 5.91 Å². The second kappa shape index (κ2) is 10.3. The fourth-order valence-electron chi connectivity index (χ4n) is 1.69. The van der Waals surface area contributed by atoms with Gasteiger partial charge in [-0.2, -0.15) is 0 Å². The normalized spacial score (nSPS) is 12.5. The molecule has 4 heteroatoms. The number of nitrogens with one attached hydrogen (secondary N) is 1. The Labute approximate surface area is 105 Å². The number of nitrogens with two attached hydrogens (primary N) is 1. The zero-order valence-electron chi connectivity index (χ0n) is 11.1. The molecule has 0 radical (unpaired) electrons. The average molecular weight is 242 g/mol. The second-order valence-electron chi connectivity index (χ2n) is 4.65. The molecule has 0 saturated carbocycles. The molecule has 0 aromatic rings. The van der Waals surface area contributed by atoms with E-state index in [2.05, 4.69) is 25.7 Å². The summed E-state index contributed by atoms with van der Waals surface area (Å²) in [5.41, 5.74) is 5.65. The van der Waals surface area contributed by atoms with Gasteiger partial charge in [-0.25, -0.2) is 0 Å². The third-order valence-electron chi connectivity index (χ3n) is 2.42. The SMILES string of the molecule is C=CCOCCNC(=O)CC(CN)CC(C)C. The number of amides is 1. The Morgan fingerprint density at radius 1 is 1.53 bits per heavy atom. The van der Waals surface area contributed by atoms with Gasteiger partial charge >= 0.3 is 0 Å². The van der Waals surface area contributed by atoms with Crippen molar-refractivity contribution in [3.05, 3.63) is 12.7 Å². The van der Waals surface area contributed by atoms with Gasteiger partial charge < -0.3 is 15.8 Å². The molecule has 1 amide bonds. The predicted molar refractivity (Wildman–Crippen MR) is 70.6 cm³/mol. The molecule has 0 saturated heterocycles. The molecule has 0 rings (SSSR count). The molecule has 17 heavy (non-hydrogen) atoms. The molecule has 0 aromatic carbocycles. The van der Waals surface area contributed by atoms with E-state index in [4.69, 9.17) is 10.5 Å². The van der Waals surface area contributed by atoms with E-state index < -0.39 is 0 Å². The number of hydrogen-bond donors (Lipinski definition) is 2. The minimum absolute atomic E-state index is 0.0586. The highest BCUT2D eigenvalue weighted by atomic mass is 16.5. The van der Waals surface area contributed by atoms with Gasteiger partial charge in [-0.15, -0.1) is 6.58 Å². The molecule has 0 aliphatic carbocycles. The van der Waals surface area contributed by atoms with E-state index in [1.54, 1.807) is 6.08 Å². The smallest absolute Gasteiger partial charge is 0.220 e. The van der Waals surface area contributed by atoms with E-state index in [1.807, 2.05) is 0 Å². The van der Waals surface area contributed by atoms with E-state index in [9.17, 15) is 4.79 Å². The van der Waals surface area contributed by atoms with Crippen molar-refractivity contribution in [1.29, 1.82) is 0 Å². The van der Waals surface area contributed by atoms with Gasteiger partial charge in [0.2, 0.25) is 5.91 Å². The molecular weight excluding hydrogens is 216 g/mol. The van der Waals surface area contributed by atoms with Gasteiger partial charge in [0.15, 0.2) is 0 Å². The third-order valence-corrected chi connectivity index (χ3v) is 2.42. The zero-order chi connectivity index (χ0) is 13.1. The lowest BCUT2D eigenvalue weighted by molar-refractivity contribution is -0.122. The van der Waals surface area contributed by atoms with E-state index in [0.29, 0.717) is 38.6 Å². The molecule has 0 bridgehead atoms. The van der Waals surface area contributed by atoms with Crippen LogP contribution in [0.2, 0.25) is 0 Å². The molecule has 0 aliphatic heterocycles. The van der Waals surface area contributed by atoms with Gasteiger partial charge in [0.1, 0.15) is 0 Å². The summed E-state index contributed by atoms with van der Waals surface area (Å²) >= 11 is 0. The molecule has 100 valence electrons. The average Bonchev–Trinajstić information content (AvgIpc) is 2.27. The van der Waals surface area contributed by atoms with Crippen molar-refractivity contribution in [2.45, 2.75) is 26.7 Å². The summed E-state index contributed by atoms with van der Waals surface area (Å²) in [5.74, 6) is 0.916. The Kier molecular flexibility index (Phi) is 9.77. The fourth-order valence-corrected chi connectivity index (χ4v) is 1.69. The largest absolute Gasteiger partial charge is 0.376 e. The van der Waals surface area contributed by atoms with E-state index in [0.717, 1.165) is 6.42 Å². The van der Waals surface area contributed by atoms with E-state index in [1.165, 1.54) is 0 Å². The van der Waals surface area contributed by atoms with E-state index in [-0.39, 0.29) is 11.8 Å². The van der Waals surface area contributed by atoms with Crippen LogP contribution in [0.5, 0.6) is 0 Å². The lowest BCUT2D eigenvalue weighted by atomic mass is 9.94. The lowest BCUT2D eigenvalue weighted by Crippen LogP contribution is -2.31. The standard InChI is InChI=1S/C13H26N2O2/c1-4-6-17-7-5-15-13(16)9-12(10-14)8-11(2)3/h4,11-12H,1,5-10,14H2,2-3H3,(H,15,16). The topological polar surface area (TPSA) is 64.3 Å². The van der Waals surface area contributed by atoms with Crippen LogP contribution in [0.4, 0.5) is 0 Å². The van der Waals surface area contributed by atoms with Gasteiger partial charge in [-0.3, -0.25) is 4.79 Å². The highest BCUT2D eigenvalue weighted by Crippen LogP contribution is 2.13. The summed E-state index contributed by atoms with van der Waals surface area (Å²) in [4.78, 5) is 11.6. The fraction of sp³-hybridized carbons (Fsp3) is 0.769. The second-order valence-corrected chi connectivity index (χ2v) is 4.65. The zero-order valence-corrected chi connectivity index (χ0v) is 11.1. The molecular formula is C13H26N2O2.